The number of nitrogens with one attached hydrogen (secondary N) is 1. The number of amides is 1. The smallest absolute Gasteiger partial charge is 0.265 e. The summed E-state index contributed by atoms with van der Waals surface area (Å²) in [5.74, 6) is 1.18. The van der Waals surface area contributed by atoms with Gasteiger partial charge in [0.25, 0.3) is 5.91 Å². The molecule has 2 aromatic rings. The summed E-state index contributed by atoms with van der Waals surface area (Å²) in [4.78, 5) is 12.4. The minimum absolute atomic E-state index is 0.186. The second-order valence-electron chi connectivity index (χ2n) is 5.14. The molecule has 0 unspecified atom stereocenters. The molecule has 0 radical (unpaired) electrons. The molecule has 0 heterocycles. The molecule has 1 amide bonds. The highest BCUT2D eigenvalue weighted by Gasteiger charge is 2.19. The summed E-state index contributed by atoms with van der Waals surface area (Å²) in [6.45, 7) is 3.80. The largest absolute Gasteiger partial charge is 0.497 e. The summed E-state index contributed by atoms with van der Waals surface area (Å²) in [5, 5.41) is 3.52. The fraction of sp³-hybridized carbons (Fsp3) is 0.278. The maximum Gasteiger partial charge on any atom is 0.265 e. The quantitative estimate of drug-likeness (QED) is 0.849. The number of carbonyl (C=O) groups is 1. The number of halogens is 1. The Hall–Kier alpha value is -2.20. The second-order valence-corrected chi connectivity index (χ2v) is 5.58. The highest BCUT2D eigenvalue weighted by molar-refractivity contribution is 6.30. The normalized spacial score (nSPS) is 11.7. The standard InChI is InChI=1S/C18H20ClNO3/c1-4-17(23-15-8-6-14(22-3)7-9-15)18(21)20-16-10-5-13(19)11-12(16)2/h5-11,17H,4H2,1-3H3,(H,20,21)/t17-/m1/s1. The molecule has 0 aliphatic carbocycles. The summed E-state index contributed by atoms with van der Waals surface area (Å²) in [5.41, 5.74) is 1.64. The average molecular weight is 334 g/mol. The van der Waals surface area contributed by atoms with Gasteiger partial charge in [-0.1, -0.05) is 18.5 Å². The Labute approximate surface area is 141 Å². The Morgan fingerprint density at radius 1 is 1.17 bits per heavy atom. The molecule has 5 heteroatoms. The van der Waals surface area contributed by atoms with Gasteiger partial charge in [0.1, 0.15) is 11.5 Å². The van der Waals surface area contributed by atoms with E-state index in [1.54, 1.807) is 43.5 Å². The second kappa shape index (κ2) is 7.88. The molecule has 23 heavy (non-hydrogen) atoms. The van der Waals surface area contributed by atoms with Gasteiger partial charge in [-0.25, -0.2) is 0 Å². The first-order valence-corrected chi connectivity index (χ1v) is 7.79. The third-order valence-corrected chi connectivity index (χ3v) is 3.68. The van der Waals surface area contributed by atoms with E-state index in [1.165, 1.54) is 0 Å². The first-order chi connectivity index (χ1) is 11.0. The minimum Gasteiger partial charge on any atom is -0.497 e. The Bertz CT molecular complexity index is 670. The van der Waals surface area contributed by atoms with Crippen molar-refractivity contribution in [3.05, 3.63) is 53.1 Å². The third kappa shape index (κ3) is 4.63. The summed E-state index contributed by atoms with van der Waals surface area (Å²) >= 11 is 5.93. The molecule has 2 rings (SSSR count). The topological polar surface area (TPSA) is 47.6 Å². The lowest BCUT2D eigenvalue weighted by atomic mass is 10.2. The van der Waals surface area contributed by atoms with Crippen LogP contribution in [0.15, 0.2) is 42.5 Å². The van der Waals surface area contributed by atoms with Gasteiger partial charge in [0.05, 0.1) is 7.11 Å². The van der Waals surface area contributed by atoms with E-state index in [0.717, 1.165) is 17.0 Å². The molecule has 0 bridgehead atoms. The number of hydrogen-bond donors (Lipinski definition) is 1. The zero-order valence-electron chi connectivity index (χ0n) is 13.4. The van der Waals surface area contributed by atoms with E-state index in [0.29, 0.717) is 17.2 Å². The number of anilines is 1. The molecule has 0 saturated carbocycles. The van der Waals surface area contributed by atoms with Gasteiger partial charge in [-0.15, -0.1) is 0 Å². The van der Waals surface area contributed by atoms with Crippen LogP contribution in [0.2, 0.25) is 5.02 Å². The number of ether oxygens (including phenoxy) is 2. The highest BCUT2D eigenvalue weighted by atomic mass is 35.5. The van der Waals surface area contributed by atoms with Gasteiger partial charge >= 0.3 is 0 Å². The number of aryl methyl sites for hydroxylation is 1. The van der Waals surface area contributed by atoms with Crippen molar-refractivity contribution in [3.63, 3.8) is 0 Å². The fourth-order valence-corrected chi connectivity index (χ4v) is 2.35. The lowest BCUT2D eigenvalue weighted by molar-refractivity contribution is -0.122. The van der Waals surface area contributed by atoms with Crippen molar-refractivity contribution in [3.8, 4) is 11.5 Å². The number of hydrogen-bond acceptors (Lipinski definition) is 3. The van der Waals surface area contributed by atoms with Crippen LogP contribution in [0.5, 0.6) is 11.5 Å². The molecule has 0 fully saturated rings. The van der Waals surface area contributed by atoms with Crippen LogP contribution in [0, 0.1) is 6.92 Å². The molecule has 122 valence electrons. The summed E-state index contributed by atoms with van der Waals surface area (Å²) in [6, 6.07) is 12.5. The molecule has 0 aliphatic rings. The van der Waals surface area contributed by atoms with Gasteiger partial charge in [-0.05, 0) is 61.4 Å². The SMILES string of the molecule is CC[C@@H](Oc1ccc(OC)cc1)C(=O)Nc1ccc(Cl)cc1C. The van der Waals surface area contributed by atoms with Crippen molar-refractivity contribution in [1.29, 1.82) is 0 Å². The zero-order valence-corrected chi connectivity index (χ0v) is 14.2. The Morgan fingerprint density at radius 2 is 1.83 bits per heavy atom. The first-order valence-electron chi connectivity index (χ1n) is 7.41. The van der Waals surface area contributed by atoms with Crippen LogP contribution in [-0.4, -0.2) is 19.1 Å². The van der Waals surface area contributed by atoms with Crippen LogP contribution >= 0.6 is 11.6 Å². The van der Waals surface area contributed by atoms with E-state index in [4.69, 9.17) is 21.1 Å². The maximum absolute atomic E-state index is 12.4. The van der Waals surface area contributed by atoms with Crippen molar-refractivity contribution >= 4 is 23.2 Å². The van der Waals surface area contributed by atoms with Gasteiger partial charge in [-0.3, -0.25) is 4.79 Å². The molecule has 0 saturated heterocycles. The van der Waals surface area contributed by atoms with Crippen LogP contribution < -0.4 is 14.8 Å². The molecule has 0 aromatic heterocycles. The first kappa shape index (κ1) is 17.2. The van der Waals surface area contributed by atoms with Crippen molar-refractivity contribution in [2.24, 2.45) is 0 Å². The van der Waals surface area contributed by atoms with Gasteiger partial charge in [0.2, 0.25) is 0 Å². The highest BCUT2D eigenvalue weighted by Crippen LogP contribution is 2.22. The van der Waals surface area contributed by atoms with Crippen LogP contribution in [-0.2, 0) is 4.79 Å². The number of carbonyl (C=O) groups excluding carboxylic acids is 1. The molecular formula is C18H20ClNO3. The summed E-state index contributed by atoms with van der Waals surface area (Å²) < 4.78 is 10.9. The molecule has 0 aliphatic heterocycles. The van der Waals surface area contributed by atoms with Crippen molar-refractivity contribution in [1.82, 2.24) is 0 Å². The van der Waals surface area contributed by atoms with Crippen molar-refractivity contribution in [2.75, 3.05) is 12.4 Å². The van der Waals surface area contributed by atoms with E-state index < -0.39 is 6.10 Å². The predicted molar refractivity (Wildman–Crippen MR) is 92.5 cm³/mol. The zero-order chi connectivity index (χ0) is 16.8. The predicted octanol–water partition coefficient (Wildman–Crippen LogP) is 4.45. The average Bonchev–Trinajstić information content (AvgIpc) is 2.55. The Kier molecular flexibility index (Phi) is 5.88. The van der Waals surface area contributed by atoms with Crippen LogP contribution in [0.3, 0.4) is 0 Å². The lowest BCUT2D eigenvalue weighted by Gasteiger charge is -2.18. The van der Waals surface area contributed by atoms with Gasteiger partial charge in [-0.2, -0.15) is 0 Å². The van der Waals surface area contributed by atoms with E-state index >= 15 is 0 Å². The molecule has 1 N–H and O–H groups in total. The molecule has 2 aromatic carbocycles. The molecular weight excluding hydrogens is 314 g/mol. The monoisotopic (exact) mass is 333 g/mol. The maximum atomic E-state index is 12.4. The van der Waals surface area contributed by atoms with Crippen LogP contribution in [0.25, 0.3) is 0 Å². The minimum atomic E-state index is -0.571. The van der Waals surface area contributed by atoms with E-state index in [9.17, 15) is 4.79 Å². The number of rotatable bonds is 6. The molecule has 1 atom stereocenters. The van der Waals surface area contributed by atoms with E-state index in [1.807, 2.05) is 19.9 Å². The molecule has 0 spiro atoms. The fourth-order valence-electron chi connectivity index (χ4n) is 2.12. The van der Waals surface area contributed by atoms with Gasteiger partial charge in [0, 0.05) is 10.7 Å². The van der Waals surface area contributed by atoms with E-state index in [2.05, 4.69) is 5.32 Å². The Balaban J connectivity index is 2.05. The summed E-state index contributed by atoms with van der Waals surface area (Å²) in [6.07, 6.45) is -0.0108. The lowest BCUT2D eigenvalue weighted by Crippen LogP contribution is -2.32. The van der Waals surface area contributed by atoms with E-state index in [-0.39, 0.29) is 5.91 Å². The molecule has 4 nitrogen and oxygen atoms in total. The number of benzene rings is 2. The van der Waals surface area contributed by atoms with Crippen molar-refractivity contribution < 1.29 is 14.3 Å². The van der Waals surface area contributed by atoms with Gasteiger partial charge in [0.15, 0.2) is 6.10 Å². The Morgan fingerprint density at radius 3 is 2.39 bits per heavy atom. The van der Waals surface area contributed by atoms with Crippen LogP contribution in [0.1, 0.15) is 18.9 Å². The van der Waals surface area contributed by atoms with Crippen molar-refractivity contribution in [2.45, 2.75) is 26.4 Å². The summed E-state index contributed by atoms with van der Waals surface area (Å²) in [7, 11) is 1.60. The van der Waals surface area contributed by atoms with Crippen LogP contribution in [0.4, 0.5) is 5.69 Å². The number of methoxy groups -OCH3 is 1. The van der Waals surface area contributed by atoms with Gasteiger partial charge < -0.3 is 14.8 Å². The third-order valence-electron chi connectivity index (χ3n) is 3.45.